The van der Waals surface area contributed by atoms with Crippen molar-refractivity contribution >= 4 is 34.0 Å². The first-order chi connectivity index (χ1) is 16.0. The SMILES string of the molecule is CCC(Oc1ccc2c(Nc3ccc(NC(=O)c4ccccc4)cc3)ccnc2n1)N(C)C. The fraction of sp³-hybridized carbons (Fsp3) is 0.192. The summed E-state index contributed by atoms with van der Waals surface area (Å²) in [5.41, 5.74) is 3.73. The van der Waals surface area contributed by atoms with E-state index in [-0.39, 0.29) is 12.1 Å². The van der Waals surface area contributed by atoms with Crippen molar-refractivity contribution in [2.75, 3.05) is 24.7 Å². The number of pyridine rings is 2. The van der Waals surface area contributed by atoms with E-state index in [0.29, 0.717) is 17.1 Å². The summed E-state index contributed by atoms with van der Waals surface area (Å²) in [5.74, 6) is 0.409. The molecule has 0 spiro atoms. The molecule has 7 heteroatoms. The van der Waals surface area contributed by atoms with Gasteiger partial charge in [0.05, 0.1) is 5.69 Å². The quantitative estimate of drug-likeness (QED) is 0.361. The van der Waals surface area contributed by atoms with Crippen LogP contribution in [-0.4, -0.2) is 41.1 Å². The second-order valence-corrected chi connectivity index (χ2v) is 7.85. The highest BCUT2D eigenvalue weighted by atomic mass is 16.5. The lowest BCUT2D eigenvalue weighted by Crippen LogP contribution is -2.32. The number of fused-ring (bicyclic) bond motifs is 1. The van der Waals surface area contributed by atoms with Crippen LogP contribution in [0.15, 0.2) is 79.0 Å². The third-order valence-corrected chi connectivity index (χ3v) is 5.22. The Morgan fingerprint density at radius 1 is 0.970 bits per heavy atom. The van der Waals surface area contributed by atoms with E-state index in [9.17, 15) is 4.79 Å². The maximum absolute atomic E-state index is 12.3. The van der Waals surface area contributed by atoms with Gasteiger partial charge in [0.1, 0.15) is 0 Å². The van der Waals surface area contributed by atoms with E-state index >= 15 is 0 Å². The van der Waals surface area contributed by atoms with Crippen molar-refractivity contribution in [2.24, 2.45) is 0 Å². The predicted molar refractivity (Wildman–Crippen MR) is 132 cm³/mol. The first-order valence-electron chi connectivity index (χ1n) is 10.9. The zero-order chi connectivity index (χ0) is 23.2. The molecule has 1 unspecified atom stereocenters. The molecule has 0 saturated carbocycles. The molecule has 0 aliphatic rings. The number of benzene rings is 2. The van der Waals surface area contributed by atoms with Crippen molar-refractivity contribution in [3.05, 3.63) is 84.6 Å². The Balaban J connectivity index is 1.47. The fourth-order valence-corrected chi connectivity index (χ4v) is 3.46. The van der Waals surface area contributed by atoms with Crippen molar-refractivity contribution in [1.29, 1.82) is 0 Å². The summed E-state index contributed by atoms with van der Waals surface area (Å²) in [6.45, 7) is 2.07. The van der Waals surface area contributed by atoms with Crippen molar-refractivity contribution in [3.63, 3.8) is 0 Å². The van der Waals surface area contributed by atoms with Gasteiger partial charge in [-0.3, -0.25) is 9.69 Å². The van der Waals surface area contributed by atoms with Gasteiger partial charge in [0.15, 0.2) is 11.9 Å². The Morgan fingerprint density at radius 2 is 1.70 bits per heavy atom. The number of carbonyl (C=O) groups excluding carboxylic acids is 1. The van der Waals surface area contributed by atoms with Gasteiger partial charge in [0.25, 0.3) is 5.91 Å². The van der Waals surface area contributed by atoms with Crippen molar-refractivity contribution in [3.8, 4) is 5.88 Å². The highest BCUT2D eigenvalue weighted by Crippen LogP contribution is 2.27. The number of rotatable bonds is 8. The van der Waals surface area contributed by atoms with Crippen LogP contribution in [0.5, 0.6) is 5.88 Å². The minimum atomic E-state index is -0.139. The summed E-state index contributed by atoms with van der Waals surface area (Å²) in [7, 11) is 3.96. The molecular weight excluding hydrogens is 414 g/mol. The van der Waals surface area contributed by atoms with Gasteiger partial charge < -0.3 is 15.4 Å². The molecule has 4 aromatic rings. The molecule has 2 N–H and O–H groups in total. The highest BCUT2D eigenvalue weighted by molar-refractivity contribution is 6.04. The van der Waals surface area contributed by atoms with E-state index in [0.717, 1.165) is 28.9 Å². The van der Waals surface area contributed by atoms with Gasteiger partial charge >= 0.3 is 0 Å². The lowest BCUT2D eigenvalue weighted by atomic mass is 10.2. The average Bonchev–Trinajstić information content (AvgIpc) is 2.84. The molecule has 2 aromatic carbocycles. The molecule has 168 valence electrons. The molecule has 0 saturated heterocycles. The molecule has 1 atom stereocenters. The van der Waals surface area contributed by atoms with Gasteiger partial charge in [0.2, 0.25) is 5.88 Å². The number of nitrogens with zero attached hydrogens (tertiary/aromatic N) is 3. The lowest BCUT2D eigenvalue weighted by molar-refractivity contribution is 0.0572. The number of amides is 1. The van der Waals surface area contributed by atoms with E-state index in [1.54, 1.807) is 18.3 Å². The number of ether oxygens (including phenoxy) is 1. The zero-order valence-electron chi connectivity index (χ0n) is 18.9. The van der Waals surface area contributed by atoms with Gasteiger partial charge in [-0.2, -0.15) is 4.98 Å². The number of carbonyl (C=O) groups is 1. The molecule has 33 heavy (non-hydrogen) atoms. The minimum absolute atomic E-state index is 0.0443. The molecular formula is C26H27N5O2. The highest BCUT2D eigenvalue weighted by Gasteiger charge is 2.13. The number of aromatic nitrogens is 2. The maximum Gasteiger partial charge on any atom is 0.255 e. The molecule has 2 aromatic heterocycles. The molecule has 0 bridgehead atoms. The summed E-state index contributed by atoms with van der Waals surface area (Å²) < 4.78 is 5.99. The second-order valence-electron chi connectivity index (χ2n) is 7.85. The van der Waals surface area contributed by atoms with Crippen LogP contribution in [0.25, 0.3) is 11.0 Å². The summed E-state index contributed by atoms with van der Waals surface area (Å²) in [6.07, 6.45) is 2.53. The van der Waals surface area contributed by atoms with Gasteiger partial charge in [0, 0.05) is 34.6 Å². The molecule has 7 nitrogen and oxygen atoms in total. The van der Waals surface area contributed by atoms with Crippen LogP contribution >= 0.6 is 0 Å². The van der Waals surface area contributed by atoms with E-state index in [1.807, 2.05) is 79.7 Å². The normalized spacial score (nSPS) is 11.9. The summed E-state index contributed by atoms with van der Waals surface area (Å²) in [4.78, 5) is 23.3. The predicted octanol–water partition coefficient (Wildman–Crippen LogP) is 5.30. The van der Waals surface area contributed by atoms with Crippen LogP contribution in [-0.2, 0) is 0 Å². The van der Waals surface area contributed by atoms with Crippen molar-refractivity contribution in [1.82, 2.24) is 14.9 Å². The zero-order valence-corrected chi connectivity index (χ0v) is 18.9. The van der Waals surface area contributed by atoms with E-state index in [2.05, 4.69) is 27.5 Å². The minimum Gasteiger partial charge on any atom is -0.458 e. The molecule has 1 amide bonds. The second kappa shape index (κ2) is 10.1. The van der Waals surface area contributed by atoms with Crippen molar-refractivity contribution in [2.45, 2.75) is 19.6 Å². The average molecular weight is 442 g/mol. The molecule has 0 aliphatic heterocycles. The van der Waals surface area contributed by atoms with Crippen LogP contribution in [0.4, 0.5) is 17.1 Å². The van der Waals surface area contributed by atoms with Crippen LogP contribution in [0.3, 0.4) is 0 Å². The van der Waals surface area contributed by atoms with Gasteiger partial charge in [-0.1, -0.05) is 25.1 Å². The summed E-state index contributed by atoms with van der Waals surface area (Å²) >= 11 is 0. The Bertz CT molecular complexity index is 1230. The first-order valence-corrected chi connectivity index (χ1v) is 10.9. The lowest BCUT2D eigenvalue weighted by Gasteiger charge is -2.23. The number of nitrogens with one attached hydrogen (secondary N) is 2. The standard InChI is InChI=1S/C26H27N5O2/c1-4-24(31(2)3)33-23-15-14-21-22(16-17-27-25(21)30-23)28-19-10-12-20(13-11-19)29-26(32)18-8-6-5-7-9-18/h5-17,24H,4H2,1-3H3,(H,29,32)(H,27,28,30). The van der Waals surface area contributed by atoms with E-state index < -0.39 is 0 Å². The Kier molecular flexibility index (Phi) is 6.80. The van der Waals surface area contributed by atoms with Gasteiger partial charge in [-0.15, -0.1) is 0 Å². The van der Waals surface area contributed by atoms with Crippen molar-refractivity contribution < 1.29 is 9.53 Å². The van der Waals surface area contributed by atoms with E-state index in [1.165, 1.54) is 0 Å². The number of anilines is 3. The van der Waals surface area contributed by atoms with E-state index in [4.69, 9.17) is 4.74 Å². The van der Waals surface area contributed by atoms with Crippen LogP contribution in [0.2, 0.25) is 0 Å². The Morgan fingerprint density at radius 3 is 2.39 bits per heavy atom. The van der Waals surface area contributed by atoms with Gasteiger partial charge in [-0.25, -0.2) is 4.98 Å². The summed E-state index contributed by atoms with van der Waals surface area (Å²) in [6, 6.07) is 22.4. The molecule has 0 fully saturated rings. The molecule has 4 rings (SSSR count). The summed E-state index contributed by atoms with van der Waals surface area (Å²) in [5, 5.41) is 7.21. The molecule has 0 aliphatic carbocycles. The van der Waals surface area contributed by atoms with Gasteiger partial charge in [-0.05, 0) is 69.0 Å². The number of hydrogen-bond acceptors (Lipinski definition) is 6. The van der Waals surface area contributed by atoms with Crippen LogP contribution < -0.4 is 15.4 Å². The first kappa shape index (κ1) is 22.2. The van der Waals surface area contributed by atoms with Crippen LogP contribution in [0.1, 0.15) is 23.7 Å². The monoisotopic (exact) mass is 441 g/mol. The fourth-order valence-electron chi connectivity index (χ4n) is 3.46. The topological polar surface area (TPSA) is 79.4 Å². The molecule has 2 heterocycles. The van der Waals surface area contributed by atoms with Crippen LogP contribution in [0, 0.1) is 0 Å². The third-order valence-electron chi connectivity index (χ3n) is 5.22. The Hall–Kier alpha value is -3.97. The number of hydrogen-bond donors (Lipinski definition) is 2. The maximum atomic E-state index is 12.3. The third kappa shape index (κ3) is 5.45. The molecule has 0 radical (unpaired) electrons. The smallest absolute Gasteiger partial charge is 0.255 e. The Labute approximate surface area is 193 Å². The largest absolute Gasteiger partial charge is 0.458 e.